The second-order valence-electron chi connectivity index (χ2n) is 5.32. The number of nitriles is 1. The van der Waals surface area contributed by atoms with Crippen molar-refractivity contribution in [3.8, 4) is 6.07 Å². The molecule has 1 aliphatic carbocycles. The van der Waals surface area contributed by atoms with Gasteiger partial charge in [-0.25, -0.2) is 0 Å². The predicted molar refractivity (Wildman–Crippen MR) is 74.3 cm³/mol. The van der Waals surface area contributed by atoms with Crippen LogP contribution in [0.15, 0.2) is 18.2 Å². The summed E-state index contributed by atoms with van der Waals surface area (Å²) in [4.78, 5) is 10.3. The van der Waals surface area contributed by atoms with Crippen LogP contribution in [-0.4, -0.2) is 23.2 Å². The minimum Gasteiger partial charge on any atom is -0.396 e. The fraction of sp³-hybridized carbons (Fsp3) is 0.500. The van der Waals surface area contributed by atoms with Gasteiger partial charge in [0.25, 0.3) is 5.69 Å². The van der Waals surface area contributed by atoms with E-state index in [2.05, 4.69) is 5.32 Å². The van der Waals surface area contributed by atoms with Gasteiger partial charge in [-0.3, -0.25) is 10.1 Å². The molecule has 6 heteroatoms. The molecule has 1 aliphatic rings. The Morgan fingerprint density at radius 2 is 2.15 bits per heavy atom. The van der Waals surface area contributed by atoms with Crippen molar-refractivity contribution in [2.24, 2.45) is 5.41 Å². The maximum atomic E-state index is 10.9. The van der Waals surface area contributed by atoms with Gasteiger partial charge in [-0.15, -0.1) is 0 Å². The summed E-state index contributed by atoms with van der Waals surface area (Å²) in [5.74, 6) is 0. The average molecular weight is 275 g/mol. The van der Waals surface area contributed by atoms with Crippen molar-refractivity contribution in [3.63, 3.8) is 0 Å². The molecule has 0 heterocycles. The Hall–Kier alpha value is -2.13. The zero-order chi connectivity index (χ0) is 14.6. The number of rotatable bonds is 5. The Bertz CT molecular complexity index is 545. The lowest BCUT2D eigenvalue weighted by molar-refractivity contribution is -0.385. The van der Waals surface area contributed by atoms with Gasteiger partial charge in [-0.2, -0.15) is 5.26 Å². The Morgan fingerprint density at radius 3 is 2.70 bits per heavy atom. The molecule has 20 heavy (non-hydrogen) atoms. The van der Waals surface area contributed by atoms with Crippen LogP contribution in [0.25, 0.3) is 0 Å². The van der Waals surface area contributed by atoms with E-state index in [-0.39, 0.29) is 23.3 Å². The predicted octanol–water partition coefficient (Wildman–Crippen LogP) is 2.43. The summed E-state index contributed by atoms with van der Waals surface area (Å²) in [7, 11) is 0. The van der Waals surface area contributed by atoms with E-state index in [4.69, 9.17) is 5.26 Å². The van der Waals surface area contributed by atoms with Crippen LogP contribution >= 0.6 is 0 Å². The molecule has 0 aliphatic heterocycles. The number of nitrogens with one attached hydrogen (secondary N) is 1. The van der Waals surface area contributed by atoms with Crippen LogP contribution in [-0.2, 0) is 0 Å². The number of nitro groups is 1. The summed E-state index contributed by atoms with van der Waals surface area (Å²) in [6, 6.07) is 6.29. The van der Waals surface area contributed by atoms with Crippen LogP contribution in [0.5, 0.6) is 0 Å². The molecular weight excluding hydrogens is 258 g/mol. The van der Waals surface area contributed by atoms with Gasteiger partial charge in [0.1, 0.15) is 11.6 Å². The quantitative estimate of drug-likeness (QED) is 0.635. The Labute approximate surface area is 117 Å². The van der Waals surface area contributed by atoms with Gasteiger partial charge >= 0.3 is 0 Å². The third kappa shape index (κ3) is 2.89. The molecule has 0 spiro atoms. The van der Waals surface area contributed by atoms with E-state index in [1.807, 2.05) is 6.07 Å². The van der Waals surface area contributed by atoms with E-state index < -0.39 is 4.92 Å². The lowest BCUT2D eigenvalue weighted by Crippen LogP contribution is -2.30. The molecule has 1 aromatic carbocycles. The maximum Gasteiger partial charge on any atom is 0.289 e. The number of aliphatic hydroxyl groups excluding tert-OH is 1. The molecule has 1 fully saturated rings. The number of aliphatic hydroxyl groups is 1. The van der Waals surface area contributed by atoms with E-state index in [1.165, 1.54) is 12.1 Å². The summed E-state index contributed by atoms with van der Waals surface area (Å²) >= 11 is 0. The number of nitrogens with zero attached hydrogens (tertiary/aromatic N) is 2. The van der Waals surface area contributed by atoms with Gasteiger partial charge in [0, 0.05) is 23.7 Å². The molecular formula is C14H17N3O3. The Balaban J connectivity index is 2.12. The monoisotopic (exact) mass is 275 g/mol. The molecule has 2 N–H and O–H groups in total. The second-order valence-corrected chi connectivity index (χ2v) is 5.32. The molecule has 0 unspecified atom stereocenters. The summed E-state index contributed by atoms with van der Waals surface area (Å²) < 4.78 is 0. The fourth-order valence-electron chi connectivity index (χ4n) is 2.69. The number of anilines is 1. The first-order valence-electron chi connectivity index (χ1n) is 6.63. The van der Waals surface area contributed by atoms with Crippen molar-refractivity contribution in [2.75, 3.05) is 18.5 Å². The molecule has 106 valence electrons. The van der Waals surface area contributed by atoms with Crippen molar-refractivity contribution >= 4 is 11.4 Å². The molecule has 0 bridgehead atoms. The number of nitro benzene ring substituents is 1. The Kier molecular flexibility index (Phi) is 4.20. The van der Waals surface area contributed by atoms with Crippen molar-refractivity contribution in [2.45, 2.75) is 25.7 Å². The lowest BCUT2D eigenvalue weighted by Gasteiger charge is -2.27. The molecule has 1 saturated carbocycles. The normalized spacial score (nSPS) is 16.6. The fourth-order valence-corrected chi connectivity index (χ4v) is 2.69. The maximum absolute atomic E-state index is 10.9. The summed E-state index contributed by atoms with van der Waals surface area (Å²) in [6.07, 6.45) is 4.15. The van der Waals surface area contributed by atoms with Crippen LogP contribution in [0, 0.1) is 26.9 Å². The largest absolute Gasteiger partial charge is 0.396 e. The minimum atomic E-state index is -0.554. The molecule has 0 radical (unpaired) electrons. The van der Waals surface area contributed by atoms with Gasteiger partial charge < -0.3 is 10.4 Å². The summed E-state index contributed by atoms with van der Waals surface area (Å²) in [5.41, 5.74) is 0.346. The topological polar surface area (TPSA) is 99.2 Å². The van der Waals surface area contributed by atoms with Gasteiger partial charge in [0.2, 0.25) is 0 Å². The average Bonchev–Trinajstić information content (AvgIpc) is 2.94. The molecule has 0 saturated heterocycles. The third-order valence-corrected chi connectivity index (χ3v) is 3.98. The van der Waals surface area contributed by atoms with E-state index >= 15 is 0 Å². The highest BCUT2D eigenvalue weighted by atomic mass is 16.6. The number of hydrogen-bond acceptors (Lipinski definition) is 5. The molecule has 0 amide bonds. The molecule has 0 aromatic heterocycles. The Morgan fingerprint density at radius 1 is 1.45 bits per heavy atom. The highest BCUT2D eigenvalue weighted by Gasteiger charge is 2.33. The first kappa shape index (κ1) is 14.3. The van der Waals surface area contributed by atoms with Crippen LogP contribution in [0.4, 0.5) is 11.4 Å². The zero-order valence-electron chi connectivity index (χ0n) is 11.1. The summed E-state index contributed by atoms with van der Waals surface area (Å²) in [5, 5.41) is 32.4. The smallest absolute Gasteiger partial charge is 0.289 e. The van der Waals surface area contributed by atoms with E-state index in [9.17, 15) is 15.2 Å². The molecule has 6 nitrogen and oxygen atoms in total. The van der Waals surface area contributed by atoms with Crippen LogP contribution in [0.1, 0.15) is 31.2 Å². The van der Waals surface area contributed by atoms with E-state index in [0.717, 1.165) is 25.7 Å². The summed E-state index contributed by atoms with van der Waals surface area (Å²) in [6.45, 7) is 0.713. The van der Waals surface area contributed by atoms with Crippen LogP contribution in [0.3, 0.4) is 0 Å². The molecule has 1 aromatic rings. The van der Waals surface area contributed by atoms with Crippen molar-refractivity contribution in [3.05, 3.63) is 33.9 Å². The van der Waals surface area contributed by atoms with Gasteiger partial charge in [-0.05, 0) is 25.0 Å². The lowest BCUT2D eigenvalue weighted by atomic mass is 9.87. The first-order valence-corrected chi connectivity index (χ1v) is 6.63. The SMILES string of the molecule is N#Cc1ccc(NCC2(CO)CCCC2)cc1[N+](=O)[O-]. The highest BCUT2D eigenvalue weighted by Crippen LogP contribution is 2.37. The molecule has 0 atom stereocenters. The van der Waals surface area contributed by atoms with Gasteiger partial charge in [0.15, 0.2) is 0 Å². The van der Waals surface area contributed by atoms with Gasteiger partial charge in [-0.1, -0.05) is 12.8 Å². The molecule has 2 rings (SSSR count). The standard InChI is InChI=1S/C14H17N3O3/c15-8-11-3-4-12(7-13(11)17(19)20)16-9-14(10-18)5-1-2-6-14/h3-4,7,16,18H,1-2,5-6,9-10H2. The van der Waals surface area contributed by atoms with E-state index in [0.29, 0.717) is 12.2 Å². The zero-order valence-corrected chi connectivity index (χ0v) is 11.1. The third-order valence-electron chi connectivity index (χ3n) is 3.98. The first-order chi connectivity index (χ1) is 9.60. The number of benzene rings is 1. The van der Waals surface area contributed by atoms with Crippen LogP contribution < -0.4 is 5.32 Å². The van der Waals surface area contributed by atoms with Crippen molar-refractivity contribution in [1.82, 2.24) is 0 Å². The van der Waals surface area contributed by atoms with Crippen molar-refractivity contribution in [1.29, 1.82) is 5.26 Å². The number of hydrogen-bond donors (Lipinski definition) is 2. The van der Waals surface area contributed by atoms with Crippen LogP contribution in [0.2, 0.25) is 0 Å². The highest BCUT2D eigenvalue weighted by molar-refractivity contribution is 5.59. The second kappa shape index (κ2) is 5.88. The van der Waals surface area contributed by atoms with Crippen molar-refractivity contribution < 1.29 is 10.0 Å². The minimum absolute atomic E-state index is 0.0540. The van der Waals surface area contributed by atoms with Gasteiger partial charge in [0.05, 0.1) is 11.5 Å². The van der Waals surface area contributed by atoms with E-state index in [1.54, 1.807) is 6.07 Å².